The van der Waals surface area contributed by atoms with Crippen molar-refractivity contribution in [3.8, 4) is 6.07 Å². The molecule has 0 atom stereocenters. The van der Waals surface area contributed by atoms with Crippen molar-refractivity contribution >= 4 is 5.91 Å². The summed E-state index contributed by atoms with van der Waals surface area (Å²) >= 11 is 0. The average Bonchev–Trinajstić information content (AvgIpc) is 2.38. The van der Waals surface area contributed by atoms with Gasteiger partial charge in [-0.1, -0.05) is 6.07 Å². The predicted octanol–water partition coefficient (Wildman–Crippen LogP) is 2.34. The highest BCUT2D eigenvalue weighted by molar-refractivity contribution is 5.94. The van der Waals surface area contributed by atoms with Gasteiger partial charge in [0.15, 0.2) is 0 Å². The number of nitriles is 1. The standard InChI is InChI=1S/C13H12F2N2O/c14-10-2-1-3-11(15)12(10)13(18)17-6-4-9(8-16)5-7-17/h1-3,9H,4-7H2. The Hall–Kier alpha value is -1.96. The molecule has 0 radical (unpaired) electrons. The third-order valence-corrected chi connectivity index (χ3v) is 3.14. The number of rotatable bonds is 1. The predicted molar refractivity (Wildman–Crippen MR) is 60.6 cm³/mol. The van der Waals surface area contributed by atoms with E-state index in [2.05, 4.69) is 6.07 Å². The number of piperidine rings is 1. The molecular formula is C13H12F2N2O. The summed E-state index contributed by atoms with van der Waals surface area (Å²) in [5, 5.41) is 8.75. The zero-order valence-electron chi connectivity index (χ0n) is 9.70. The van der Waals surface area contributed by atoms with E-state index in [1.54, 1.807) is 0 Å². The molecule has 1 aliphatic rings. The van der Waals surface area contributed by atoms with Gasteiger partial charge < -0.3 is 4.90 Å². The molecule has 0 aliphatic carbocycles. The van der Waals surface area contributed by atoms with Crippen LogP contribution in [0.1, 0.15) is 23.2 Å². The Morgan fingerprint density at radius 1 is 1.28 bits per heavy atom. The van der Waals surface area contributed by atoms with E-state index >= 15 is 0 Å². The second-order valence-electron chi connectivity index (χ2n) is 4.29. The first-order valence-electron chi connectivity index (χ1n) is 5.76. The lowest BCUT2D eigenvalue weighted by Crippen LogP contribution is -2.39. The van der Waals surface area contributed by atoms with Crippen molar-refractivity contribution in [2.24, 2.45) is 5.92 Å². The van der Waals surface area contributed by atoms with Crippen LogP contribution in [-0.2, 0) is 0 Å². The fourth-order valence-electron chi connectivity index (χ4n) is 2.07. The molecule has 5 heteroatoms. The van der Waals surface area contributed by atoms with Crippen molar-refractivity contribution in [1.29, 1.82) is 5.26 Å². The Bertz CT molecular complexity index is 482. The number of halogens is 2. The van der Waals surface area contributed by atoms with Gasteiger partial charge in [0.05, 0.1) is 6.07 Å². The lowest BCUT2D eigenvalue weighted by Gasteiger charge is -2.29. The zero-order chi connectivity index (χ0) is 13.1. The van der Waals surface area contributed by atoms with Gasteiger partial charge in [-0.2, -0.15) is 5.26 Å². The quantitative estimate of drug-likeness (QED) is 0.767. The molecule has 0 spiro atoms. The van der Waals surface area contributed by atoms with E-state index in [-0.39, 0.29) is 5.92 Å². The highest BCUT2D eigenvalue weighted by Gasteiger charge is 2.27. The second-order valence-corrected chi connectivity index (χ2v) is 4.29. The minimum atomic E-state index is -0.845. The van der Waals surface area contributed by atoms with Crippen molar-refractivity contribution in [2.45, 2.75) is 12.8 Å². The largest absolute Gasteiger partial charge is 0.338 e. The van der Waals surface area contributed by atoms with Gasteiger partial charge in [-0.3, -0.25) is 4.79 Å². The SMILES string of the molecule is N#CC1CCN(C(=O)c2c(F)cccc2F)CC1. The van der Waals surface area contributed by atoms with Crippen molar-refractivity contribution < 1.29 is 13.6 Å². The van der Waals surface area contributed by atoms with Gasteiger partial charge in [0, 0.05) is 19.0 Å². The van der Waals surface area contributed by atoms with Crippen LogP contribution in [0.2, 0.25) is 0 Å². The van der Waals surface area contributed by atoms with E-state index in [1.165, 1.54) is 11.0 Å². The minimum absolute atomic E-state index is 0.0699. The summed E-state index contributed by atoms with van der Waals surface area (Å²) in [5.41, 5.74) is -0.507. The molecular weight excluding hydrogens is 238 g/mol. The maximum atomic E-state index is 13.5. The van der Waals surface area contributed by atoms with E-state index in [4.69, 9.17) is 5.26 Å². The molecule has 1 aromatic carbocycles. The molecule has 2 rings (SSSR count). The van der Waals surface area contributed by atoms with Gasteiger partial charge in [0.1, 0.15) is 17.2 Å². The Kier molecular flexibility index (Phi) is 3.56. The van der Waals surface area contributed by atoms with Crippen LogP contribution in [0.25, 0.3) is 0 Å². The van der Waals surface area contributed by atoms with E-state index in [0.29, 0.717) is 25.9 Å². The van der Waals surface area contributed by atoms with Gasteiger partial charge in [-0.25, -0.2) is 8.78 Å². The van der Waals surface area contributed by atoms with Crippen molar-refractivity contribution in [3.63, 3.8) is 0 Å². The number of carbonyl (C=O) groups is 1. The van der Waals surface area contributed by atoms with Crippen molar-refractivity contribution in [3.05, 3.63) is 35.4 Å². The van der Waals surface area contributed by atoms with Crippen LogP contribution in [0, 0.1) is 28.9 Å². The Morgan fingerprint density at radius 3 is 2.33 bits per heavy atom. The van der Waals surface area contributed by atoms with Gasteiger partial charge in [-0.05, 0) is 25.0 Å². The summed E-state index contributed by atoms with van der Waals surface area (Å²) in [5.74, 6) is -2.40. The van der Waals surface area contributed by atoms with Crippen LogP contribution in [0.4, 0.5) is 8.78 Å². The minimum Gasteiger partial charge on any atom is -0.338 e. The van der Waals surface area contributed by atoms with Crippen LogP contribution in [0.3, 0.4) is 0 Å². The first-order valence-corrected chi connectivity index (χ1v) is 5.76. The van der Waals surface area contributed by atoms with E-state index in [9.17, 15) is 13.6 Å². The molecule has 1 aromatic rings. The number of hydrogen-bond donors (Lipinski definition) is 0. The lowest BCUT2D eigenvalue weighted by molar-refractivity contribution is 0.0697. The molecule has 1 saturated heterocycles. The third-order valence-electron chi connectivity index (χ3n) is 3.14. The first kappa shape index (κ1) is 12.5. The number of amides is 1. The fourth-order valence-corrected chi connectivity index (χ4v) is 2.07. The van der Waals surface area contributed by atoms with Crippen LogP contribution in [0.5, 0.6) is 0 Å². The molecule has 0 bridgehead atoms. The lowest BCUT2D eigenvalue weighted by atomic mass is 9.98. The first-order chi connectivity index (χ1) is 8.63. The van der Waals surface area contributed by atoms with Crippen LogP contribution < -0.4 is 0 Å². The van der Waals surface area contributed by atoms with Crippen molar-refractivity contribution in [1.82, 2.24) is 4.90 Å². The number of hydrogen-bond acceptors (Lipinski definition) is 2. The van der Waals surface area contributed by atoms with Gasteiger partial charge in [-0.15, -0.1) is 0 Å². The second kappa shape index (κ2) is 5.13. The monoisotopic (exact) mass is 250 g/mol. The highest BCUT2D eigenvalue weighted by atomic mass is 19.1. The topological polar surface area (TPSA) is 44.1 Å². The molecule has 3 nitrogen and oxygen atoms in total. The molecule has 94 valence electrons. The molecule has 1 fully saturated rings. The van der Waals surface area contributed by atoms with Gasteiger partial charge in [0.25, 0.3) is 5.91 Å². The van der Waals surface area contributed by atoms with Gasteiger partial charge >= 0.3 is 0 Å². The van der Waals surface area contributed by atoms with E-state index < -0.39 is 23.1 Å². The number of benzene rings is 1. The number of likely N-dealkylation sites (tertiary alicyclic amines) is 1. The molecule has 1 aliphatic heterocycles. The Morgan fingerprint density at radius 2 is 1.83 bits per heavy atom. The summed E-state index contributed by atoms with van der Waals surface area (Å²) in [6.45, 7) is 0.732. The summed E-state index contributed by atoms with van der Waals surface area (Å²) in [4.78, 5) is 13.4. The summed E-state index contributed by atoms with van der Waals surface area (Å²) < 4.78 is 26.9. The molecule has 18 heavy (non-hydrogen) atoms. The highest BCUT2D eigenvalue weighted by Crippen LogP contribution is 2.20. The molecule has 0 aromatic heterocycles. The van der Waals surface area contributed by atoms with Crippen LogP contribution >= 0.6 is 0 Å². The molecule has 1 amide bonds. The average molecular weight is 250 g/mol. The number of nitrogens with zero attached hydrogens (tertiary/aromatic N) is 2. The maximum Gasteiger partial charge on any atom is 0.259 e. The van der Waals surface area contributed by atoms with Gasteiger partial charge in [0.2, 0.25) is 0 Å². The summed E-state index contributed by atoms with van der Waals surface area (Å²) in [6.07, 6.45) is 1.11. The molecule has 0 N–H and O–H groups in total. The van der Waals surface area contributed by atoms with Crippen LogP contribution in [-0.4, -0.2) is 23.9 Å². The third kappa shape index (κ3) is 2.33. The van der Waals surface area contributed by atoms with Crippen LogP contribution in [0.15, 0.2) is 18.2 Å². The molecule has 0 unspecified atom stereocenters. The Balaban J connectivity index is 2.16. The summed E-state index contributed by atoms with van der Waals surface area (Å²) in [6, 6.07) is 5.50. The van der Waals surface area contributed by atoms with E-state index in [0.717, 1.165) is 12.1 Å². The molecule has 1 heterocycles. The normalized spacial score (nSPS) is 16.4. The van der Waals surface area contributed by atoms with Crippen molar-refractivity contribution in [2.75, 3.05) is 13.1 Å². The molecule has 0 saturated carbocycles. The fraction of sp³-hybridized carbons (Fsp3) is 0.385. The maximum absolute atomic E-state index is 13.5. The zero-order valence-corrected chi connectivity index (χ0v) is 9.70. The number of carbonyl (C=O) groups excluding carboxylic acids is 1. The smallest absolute Gasteiger partial charge is 0.259 e. The summed E-state index contributed by atoms with van der Waals surface area (Å²) in [7, 11) is 0. The Labute approximate surface area is 104 Å². The van der Waals surface area contributed by atoms with E-state index in [1.807, 2.05) is 0 Å².